The molecule has 1 aromatic rings. The van der Waals surface area contributed by atoms with Crippen LogP contribution >= 0.6 is 0 Å². The molecule has 1 spiro atoms. The van der Waals surface area contributed by atoms with Gasteiger partial charge in [0.2, 0.25) is 0 Å². The van der Waals surface area contributed by atoms with Crippen molar-refractivity contribution in [3.8, 4) is 0 Å². The van der Waals surface area contributed by atoms with E-state index in [0.29, 0.717) is 62.7 Å². The SMILES string of the molecule is CC1(C)COC2(CC[C@]3(Cc4ccccc4F)C4=CC[C@]5(C)[C@@H](O)CC[C@H]5[C@@H]4CC[C@@]3(O)C2)OC1. The van der Waals surface area contributed by atoms with Gasteiger partial charge in [-0.15, -0.1) is 0 Å². The lowest BCUT2D eigenvalue weighted by Crippen LogP contribution is -2.66. The van der Waals surface area contributed by atoms with Crippen LogP contribution in [0.5, 0.6) is 0 Å². The molecule has 0 unspecified atom stereocenters. The van der Waals surface area contributed by atoms with E-state index in [2.05, 4.69) is 26.8 Å². The summed E-state index contributed by atoms with van der Waals surface area (Å²) < 4.78 is 27.8. The van der Waals surface area contributed by atoms with Gasteiger partial charge in [-0.25, -0.2) is 4.39 Å². The van der Waals surface area contributed by atoms with Crippen LogP contribution < -0.4 is 0 Å². The molecule has 1 aliphatic heterocycles. The number of aliphatic hydroxyl groups excluding tert-OH is 1. The van der Waals surface area contributed by atoms with Crippen LogP contribution in [0.3, 0.4) is 0 Å². The highest BCUT2D eigenvalue weighted by Crippen LogP contribution is 2.67. The van der Waals surface area contributed by atoms with Crippen LogP contribution in [0, 0.1) is 33.9 Å². The zero-order valence-corrected chi connectivity index (χ0v) is 21.5. The van der Waals surface area contributed by atoms with Crippen LogP contribution in [-0.2, 0) is 15.9 Å². The van der Waals surface area contributed by atoms with Crippen LogP contribution in [0.25, 0.3) is 0 Å². The zero-order valence-electron chi connectivity index (χ0n) is 21.5. The summed E-state index contributed by atoms with van der Waals surface area (Å²) in [6, 6.07) is 7.04. The van der Waals surface area contributed by atoms with Gasteiger partial charge in [-0.1, -0.05) is 50.6 Å². The van der Waals surface area contributed by atoms with Crippen molar-refractivity contribution >= 4 is 0 Å². The molecule has 6 rings (SSSR count). The van der Waals surface area contributed by atoms with Crippen molar-refractivity contribution in [2.45, 2.75) is 96.1 Å². The van der Waals surface area contributed by atoms with Gasteiger partial charge in [0, 0.05) is 29.1 Å². The number of fused-ring (bicyclic) bond motifs is 5. The van der Waals surface area contributed by atoms with Gasteiger partial charge >= 0.3 is 0 Å². The predicted molar refractivity (Wildman–Crippen MR) is 132 cm³/mol. The fraction of sp³-hybridized carbons (Fsp3) is 0.733. The van der Waals surface area contributed by atoms with E-state index in [1.807, 2.05) is 12.1 Å². The van der Waals surface area contributed by atoms with Crippen LogP contribution in [0.4, 0.5) is 4.39 Å². The highest BCUT2D eigenvalue weighted by Gasteiger charge is 2.66. The molecule has 6 atom stereocenters. The standard InChI is InChI=1S/C30H41FO4/c1-26(2)18-34-30(35-19-26)15-14-28(16-20-6-4-5-7-24(20)31)23-11-12-27(3)22(8-9-25(27)32)21(23)10-13-29(28,33)17-30/h4-7,11,21-22,25,32-33H,8-10,12-19H2,1-3H3/t21-,22-,25-,27-,28-,29+/m0/s1. The number of allylic oxidation sites excluding steroid dienone is 1. The maximum absolute atomic E-state index is 15.0. The summed E-state index contributed by atoms with van der Waals surface area (Å²) in [6.07, 6.45) is 8.67. The number of hydrogen-bond donors (Lipinski definition) is 2. The van der Waals surface area contributed by atoms with Gasteiger partial charge in [0.15, 0.2) is 5.79 Å². The van der Waals surface area contributed by atoms with Crippen LogP contribution in [0.2, 0.25) is 0 Å². The van der Waals surface area contributed by atoms with Crippen molar-refractivity contribution in [3.05, 3.63) is 47.3 Å². The number of rotatable bonds is 2. The number of ether oxygens (including phenoxy) is 2. The first kappa shape index (κ1) is 24.1. The number of halogens is 1. The predicted octanol–water partition coefficient (Wildman–Crippen LogP) is 5.56. The molecule has 192 valence electrons. The van der Waals surface area contributed by atoms with E-state index in [4.69, 9.17) is 9.47 Å². The second-order valence-corrected chi connectivity index (χ2v) is 13.4. The van der Waals surface area contributed by atoms with Crippen molar-refractivity contribution in [1.29, 1.82) is 0 Å². The Kier molecular flexibility index (Phi) is 5.41. The largest absolute Gasteiger partial charge is 0.393 e. The Morgan fingerprint density at radius 2 is 1.74 bits per heavy atom. The second-order valence-electron chi connectivity index (χ2n) is 13.4. The number of benzene rings is 1. The summed E-state index contributed by atoms with van der Waals surface area (Å²) >= 11 is 0. The molecule has 0 aromatic heterocycles. The molecule has 5 aliphatic rings. The van der Waals surface area contributed by atoms with Crippen molar-refractivity contribution in [3.63, 3.8) is 0 Å². The highest BCUT2D eigenvalue weighted by molar-refractivity contribution is 5.37. The number of aliphatic hydroxyl groups is 2. The van der Waals surface area contributed by atoms with Crippen LogP contribution in [0.1, 0.15) is 77.7 Å². The molecule has 4 fully saturated rings. The summed E-state index contributed by atoms with van der Waals surface area (Å²) in [5, 5.41) is 23.4. The Bertz CT molecular complexity index is 1020. The maximum atomic E-state index is 15.0. The Labute approximate surface area is 208 Å². The smallest absolute Gasteiger partial charge is 0.171 e. The van der Waals surface area contributed by atoms with E-state index >= 15 is 4.39 Å². The number of hydrogen-bond acceptors (Lipinski definition) is 4. The Morgan fingerprint density at radius 1 is 1.00 bits per heavy atom. The molecular weight excluding hydrogens is 443 g/mol. The average Bonchev–Trinajstić information content (AvgIpc) is 3.12. The summed E-state index contributed by atoms with van der Waals surface area (Å²) in [6.45, 7) is 7.77. The molecule has 0 bridgehead atoms. The van der Waals surface area contributed by atoms with E-state index < -0.39 is 16.8 Å². The monoisotopic (exact) mass is 484 g/mol. The highest BCUT2D eigenvalue weighted by atomic mass is 19.1. The lowest BCUT2D eigenvalue weighted by Gasteiger charge is -2.64. The molecular formula is C30H41FO4. The van der Waals surface area contributed by atoms with E-state index in [9.17, 15) is 10.2 Å². The van der Waals surface area contributed by atoms with Gasteiger partial charge in [-0.2, -0.15) is 0 Å². The van der Waals surface area contributed by atoms with Gasteiger partial charge in [0.1, 0.15) is 5.82 Å². The second kappa shape index (κ2) is 7.86. The first-order valence-corrected chi connectivity index (χ1v) is 13.6. The summed E-state index contributed by atoms with van der Waals surface area (Å²) in [4.78, 5) is 0. The molecule has 3 saturated carbocycles. The van der Waals surface area contributed by atoms with Crippen molar-refractivity contribution in [1.82, 2.24) is 0 Å². The Balaban J connectivity index is 1.42. The van der Waals surface area contributed by atoms with Crippen LogP contribution in [-0.4, -0.2) is 40.9 Å². The lowest BCUT2D eigenvalue weighted by atomic mass is 9.45. The third-order valence-electron chi connectivity index (χ3n) is 10.7. The quantitative estimate of drug-likeness (QED) is 0.540. The third-order valence-corrected chi connectivity index (χ3v) is 10.7. The topological polar surface area (TPSA) is 58.9 Å². The fourth-order valence-electron chi connectivity index (χ4n) is 8.58. The minimum Gasteiger partial charge on any atom is -0.393 e. The minimum atomic E-state index is -1.03. The summed E-state index contributed by atoms with van der Waals surface area (Å²) in [5.41, 5.74) is 0.291. The molecule has 35 heavy (non-hydrogen) atoms. The Hall–Kier alpha value is -1.27. The summed E-state index contributed by atoms with van der Waals surface area (Å²) in [7, 11) is 0. The average molecular weight is 485 g/mol. The fourth-order valence-corrected chi connectivity index (χ4v) is 8.58. The zero-order chi connectivity index (χ0) is 24.7. The first-order valence-electron chi connectivity index (χ1n) is 13.6. The minimum absolute atomic E-state index is 0.0348. The van der Waals surface area contributed by atoms with Crippen molar-refractivity contribution < 1.29 is 24.1 Å². The van der Waals surface area contributed by atoms with Gasteiger partial charge in [-0.05, 0) is 68.4 Å². The maximum Gasteiger partial charge on any atom is 0.171 e. The van der Waals surface area contributed by atoms with E-state index in [0.717, 1.165) is 25.7 Å². The molecule has 1 heterocycles. The van der Waals surface area contributed by atoms with Gasteiger partial charge < -0.3 is 19.7 Å². The van der Waals surface area contributed by atoms with Gasteiger partial charge in [0.25, 0.3) is 0 Å². The molecule has 4 nitrogen and oxygen atoms in total. The third kappa shape index (κ3) is 3.52. The van der Waals surface area contributed by atoms with E-state index in [1.165, 1.54) is 11.6 Å². The molecule has 1 aromatic carbocycles. The van der Waals surface area contributed by atoms with Gasteiger partial charge in [-0.3, -0.25) is 0 Å². The molecule has 1 saturated heterocycles. The Morgan fingerprint density at radius 3 is 2.49 bits per heavy atom. The van der Waals surface area contributed by atoms with Crippen LogP contribution in [0.15, 0.2) is 35.9 Å². The van der Waals surface area contributed by atoms with Crippen molar-refractivity contribution in [2.24, 2.45) is 28.1 Å². The molecule has 2 N–H and O–H groups in total. The molecule has 4 aliphatic carbocycles. The molecule has 0 amide bonds. The first-order chi connectivity index (χ1) is 16.5. The lowest BCUT2D eigenvalue weighted by molar-refractivity contribution is -0.343. The molecule has 0 radical (unpaired) electrons. The molecule has 5 heteroatoms. The van der Waals surface area contributed by atoms with Gasteiger partial charge in [0.05, 0.1) is 24.9 Å². The normalized spacial score (nSPS) is 43.7. The van der Waals surface area contributed by atoms with E-state index in [1.54, 1.807) is 6.07 Å². The van der Waals surface area contributed by atoms with E-state index in [-0.39, 0.29) is 22.8 Å². The van der Waals surface area contributed by atoms with Crippen molar-refractivity contribution in [2.75, 3.05) is 13.2 Å². The summed E-state index contributed by atoms with van der Waals surface area (Å²) in [5.74, 6) is -0.211.